The predicted molar refractivity (Wildman–Crippen MR) is 90.1 cm³/mol. The van der Waals surface area contributed by atoms with Gasteiger partial charge in [-0.1, -0.05) is 24.3 Å². The summed E-state index contributed by atoms with van der Waals surface area (Å²) in [4.78, 5) is 1.22. The molecule has 0 saturated heterocycles. The van der Waals surface area contributed by atoms with Crippen molar-refractivity contribution in [3.05, 3.63) is 53.6 Å². The molecule has 4 heteroatoms. The summed E-state index contributed by atoms with van der Waals surface area (Å²) < 4.78 is 10.6. The lowest BCUT2D eigenvalue weighted by Crippen LogP contribution is -1.99. The van der Waals surface area contributed by atoms with E-state index in [0.29, 0.717) is 0 Å². The smallest absolute Gasteiger partial charge is 0.160 e. The highest BCUT2D eigenvalue weighted by atomic mass is 35.5. The number of ether oxygens (including phenoxy) is 2. The number of rotatable bonds is 6. The average Bonchev–Trinajstić information content (AvgIpc) is 2.54. The lowest BCUT2D eigenvalue weighted by molar-refractivity contribution is 0.354. The van der Waals surface area contributed by atoms with E-state index in [2.05, 4.69) is 18.4 Å². The molecule has 1 unspecified atom stereocenters. The molecule has 0 saturated carbocycles. The zero-order chi connectivity index (χ0) is 15.2. The molecule has 2 aromatic carbocycles. The van der Waals surface area contributed by atoms with Crippen LogP contribution in [0.15, 0.2) is 47.4 Å². The van der Waals surface area contributed by atoms with Gasteiger partial charge in [0.05, 0.1) is 19.6 Å². The Hall–Kier alpha value is -1.32. The second-order valence-corrected chi connectivity index (χ2v) is 5.98. The number of hydrogen-bond donors (Lipinski definition) is 0. The van der Waals surface area contributed by atoms with Crippen molar-refractivity contribution in [3.63, 3.8) is 0 Å². The molecular weight excluding hydrogens is 304 g/mol. The van der Waals surface area contributed by atoms with Crippen LogP contribution in [-0.4, -0.2) is 20.5 Å². The van der Waals surface area contributed by atoms with E-state index in [0.717, 1.165) is 23.5 Å². The minimum absolute atomic E-state index is 0.0632. The molecule has 1 atom stereocenters. The van der Waals surface area contributed by atoms with Gasteiger partial charge in [0.1, 0.15) is 0 Å². The Kier molecular flexibility index (Phi) is 5.83. The van der Waals surface area contributed by atoms with E-state index in [1.54, 1.807) is 26.0 Å². The quantitative estimate of drug-likeness (QED) is 0.554. The number of alkyl halides is 1. The van der Waals surface area contributed by atoms with Crippen LogP contribution in [-0.2, 0) is 6.42 Å². The summed E-state index contributed by atoms with van der Waals surface area (Å²) in [5.74, 6) is 1.47. The second kappa shape index (κ2) is 7.62. The first-order valence-corrected chi connectivity index (χ1v) is 8.33. The maximum Gasteiger partial charge on any atom is 0.160 e. The van der Waals surface area contributed by atoms with Gasteiger partial charge in [-0.25, -0.2) is 0 Å². The first-order chi connectivity index (χ1) is 10.2. The van der Waals surface area contributed by atoms with Gasteiger partial charge in [0, 0.05) is 4.90 Å². The van der Waals surface area contributed by atoms with Crippen molar-refractivity contribution in [2.75, 3.05) is 20.5 Å². The third-order valence-corrected chi connectivity index (χ3v) is 4.54. The number of halogens is 1. The van der Waals surface area contributed by atoms with E-state index >= 15 is 0 Å². The van der Waals surface area contributed by atoms with Crippen molar-refractivity contribution < 1.29 is 9.47 Å². The molecule has 0 aliphatic rings. The zero-order valence-corrected chi connectivity index (χ0v) is 14.0. The zero-order valence-electron chi connectivity index (χ0n) is 12.4. The second-order valence-electron chi connectivity index (χ2n) is 4.60. The van der Waals surface area contributed by atoms with E-state index in [1.807, 2.05) is 30.3 Å². The lowest BCUT2D eigenvalue weighted by atomic mass is 10.0. The highest BCUT2D eigenvalue weighted by Gasteiger charge is 2.14. The summed E-state index contributed by atoms with van der Waals surface area (Å²) >= 11 is 8.33. The molecule has 0 heterocycles. The van der Waals surface area contributed by atoms with Gasteiger partial charge in [-0.05, 0) is 42.0 Å². The van der Waals surface area contributed by atoms with Crippen LogP contribution in [0.3, 0.4) is 0 Å². The number of benzene rings is 2. The Bertz CT molecular complexity index is 601. The maximum absolute atomic E-state index is 6.61. The molecular formula is C17H19ClO2S. The molecule has 0 N–H and O–H groups in total. The summed E-state index contributed by atoms with van der Waals surface area (Å²) in [6, 6.07) is 14.2. The maximum atomic E-state index is 6.61. The molecule has 0 aromatic heterocycles. The molecule has 0 amide bonds. The van der Waals surface area contributed by atoms with Crippen LogP contribution in [0.4, 0.5) is 0 Å². The Morgan fingerprint density at radius 1 is 1.05 bits per heavy atom. The van der Waals surface area contributed by atoms with Crippen molar-refractivity contribution >= 4 is 23.4 Å². The largest absolute Gasteiger partial charge is 0.493 e. The van der Waals surface area contributed by atoms with Gasteiger partial charge >= 0.3 is 0 Å². The Balaban J connectivity index is 2.21. The van der Waals surface area contributed by atoms with Gasteiger partial charge in [-0.2, -0.15) is 0 Å². The summed E-state index contributed by atoms with van der Waals surface area (Å²) in [6.07, 6.45) is 2.82. The standard InChI is InChI=1S/C17H19ClO2S/c1-19-15-9-8-12(11-16(15)20-2)10-14(18)13-6-4-5-7-17(13)21-3/h4-9,11,14H,10H2,1-3H3. The van der Waals surface area contributed by atoms with E-state index < -0.39 is 0 Å². The van der Waals surface area contributed by atoms with Gasteiger partial charge in [0.2, 0.25) is 0 Å². The van der Waals surface area contributed by atoms with Crippen molar-refractivity contribution in [1.82, 2.24) is 0 Å². The fourth-order valence-electron chi connectivity index (χ4n) is 2.25. The fourth-order valence-corrected chi connectivity index (χ4v) is 3.34. The third-order valence-electron chi connectivity index (χ3n) is 3.34. The SMILES string of the molecule is COc1ccc(CC(Cl)c2ccccc2SC)cc1OC. The van der Waals surface area contributed by atoms with Crippen LogP contribution in [0.25, 0.3) is 0 Å². The van der Waals surface area contributed by atoms with Crippen LogP contribution in [0.1, 0.15) is 16.5 Å². The number of methoxy groups -OCH3 is 2. The van der Waals surface area contributed by atoms with Gasteiger partial charge < -0.3 is 9.47 Å². The Labute approximate surface area is 135 Å². The van der Waals surface area contributed by atoms with Gasteiger partial charge in [0.15, 0.2) is 11.5 Å². The number of hydrogen-bond acceptors (Lipinski definition) is 3. The fraction of sp³-hybridized carbons (Fsp3) is 0.294. The van der Waals surface area contributed by atoms with Crippen LogP contribution in [0, 0.1) is 0 Å². The molecule has 0 aliphatic carbocycles. The van der Waals surface area contributed by atoms with E-state index in [1.165, 1.54) is 10.5 Å². The summed E-state index contributed by atoms with van der Waals surface area (Å²) in [6.45, 7) is 0. The van der Waals surface area contributed by atoms with Gasteiger partial charge in [0.25, 0.3) is 0 Å². The van der Waals surface area contributed by atoms with Crippen molar-refractivity contribution in [3.8, 4) is 11.5 Å². The third kappa shape index (κ3) is 3.86. The van der Waals surface area contributed by atoms with Crippen LogP contribution < -0.4 is 9.47 Å². The van der Waals surface area contributed by atoms with Crippen LogP contribution in [0.5, 0.6) is 11.5 Å². The first kappa shape index (κ1) is 16.1. The molecule has 112 valence electrons. The van der Waals surface area contributed by atoms with Gasteiger partial charge in [-0.3, -0.25) is 0 Å². The Morgan fingerprint density at radius 2 is 1.76 bits per heavy atom. The molecule has 0 aliphatic heterocycles. The van der Waals surface area contributed by atoms with Gasteiger partial charge in [-0.15, -0.1) is 23.4 Å². The molecule has 0 spiro atoms. The normalized spacial score (nSPS) is 12.0. The molecule has 0 fully saturated rings. The average molecular weight is 323 g/mol. The summed E-state index contributed by atoms with van der Waals surface area (Å²) in [5.41, 5.74) is 2.30. The monoisotopic (exact) mass is 322 g/mol. The van der Waals surface area contributed by atoms with Crippen LogP contribution >= 0.6 is 23.4 Å². The summed E-state index contributed by atoms with van der Waals surface area (Å²) in [7, 11) is 3.28. The van der Waals surface area contributed by atoms with Crippen molar-refractivity contribution in [2.45, 2.75) is 16.7 Å². The topological polar surface area (TPSA) is 18.5 Å². The van der Waals surface area contributed by atoms with E-state index in [4.69, 9.17) is 21.1 Å². The highest BCUT2D eigenvalue weighted by Crippen LogP contribution is 2.34. The molecule has 21 heavy (non-hydrogen) atoms. The molecule has 2 nitrogen and oxygen atoms in total. The minimum atomic E-state index is -0.0632. The lowest BCUT2D eigenvalue weighted by Gasteiger charge is -2.15. The minimum Gasteiger partial charge on any atom is -0.493 e. The van der Waals surface area contributed by atoms with E-state index in [-0.39, 0.29) is 5.38 Å². The van der Waals surface area contributed by atoms with Crippen molar-refractivity contribution in [1.29, 1.82) is 0 Å². The first-order valence-electron chi connectivity index (χ1n) is 6.67. The Morgan fingerprint density at radius 3 is 2.43 bits per heavy atom. The molecule has 0 radical (unpaired) electrons. The molecule has 2 rings (SSSR count). The summed E-state index contributed by atoms with van der Waals surface area (Å²) in [5, 5.41) is -0.0632. The molecule has 2 aromatic rings. The van der Waals surface area contributed by atoms with Crippen molar-refractivity contribution in [2.24, 2.45) is 0 Å². The number of thioether (sulfide) groups is 1. The predicted octanol–water partition coefficient (Wildman–Crippen LogP) is 4.95. The highest BCUT2D eigenvalue weighted by molar-refractivity contribution is 7.98. The molecule has 0 bridgehead atoms. The van der Waals surface area contributed by atoms with E-state index in [9.17, 15) is 0 Å². The van der Waals surface area contributed by atoms with Crippen LogP contribution in [0.2, 0.25) is 0 Å².